The molecule has 1 aromatic carbocycles. The standard InChI is InChI=1S/C16H23BrN2O2/c1-11(2)6-12(3)21-10-15(20)9-19-16-5-4-14(17)7-13(16)8-18/h4-5,7,11-12,15,19-20H,6,9-10H2,1-3H3. The monoisotopic (exact) mass is 354 g/mol. The van der Waals surface area contributed by atoms with E-state index < -0.39 is 6.10 Å². The Bertz CT molecular complexity index is 486. The summed E-state index contributed by atoms with van der Waals surface area (Å²) in [6, 6.07) is 7.55. The lowest BCUT2D eigenvalue weighted by Crippen LogP contribution is -2.27. The first kappa shape index (κ1) is 18.0. The molecule has 0 heterocycles. The van der Waals surface area contributed by atoms with Gasteiger partial charge in [-0.3, -0.25) is 0 Å². The number of hydrogen-bond donors (Lipinski definition) is 2. The van der Waals surface area contributed by atoms with Crippen molar-refractivity contribution in [2.45, 2.75) is 39.4 Å². The third-order valence-corrected chi connectivity index (χ3v) is 3.50. The van der Waals surface area contributed by atoms with Crippen molar-refractivity contribution in [1.29, 1.82) is 5.26 Å². The van der Waals surface area contributed by atoms with Crippen LogP contribution in [0.5, 0.6) is 0 Å². The van der Waals surface area contributed by atoms with Crippen molar-refractivity contribution in [3.05, 3.63) is 28.2 Å². The van der Waals surface area contributed by atoms with Crippen LogP contribution in [0.3, 0.4) is 0 Å². The topological polar surface area (TPSA) is 65.3 Å². The SMILES string of the molecule is CC(C)CC(C)OCC(O)CNc1ccc(Br)cc1C#N. The highest BCUT2D eigenvalue weighted by Crippen LogP contribution is 2.20. The van der Waals surface area contributed by atoms with Crippen LogP contribution in [0.2, 0.25) is 0 Å². The van der Waals surface area contributed by atoms with Gasteiger partial charge in [-0.1, -0.05) is 29.8 Å². The van der Waals surface area contributed by atoms with E-state index in [1.165, 1.54) is 0 Å². The van der Waals surface area contributed by atoms with Crippen molar-refractivity contribution in [2.24, 2.45) is 5.92 Å². The van der Waals surface area contributed by atoms with Gasteiger partial charge < -0.3 is 15.2 Å². The minimum absolute atomic E-state index is 0.141. The number of aliphatic hydroxyl groups is 1. The number of nitriles is 1. The molecule has 1 aromatic rings. The molecule has 2 atom stereocenters. The fourth-order valence-corrected chi connectivity index (χ4v) is 2.42. The molecular formula is C16H23BrN2O2. The molecule has 0 saturated heterocycles. The van der Waals surface area contributed by atoms with Crippen molar-refractivity contribution in [2.75, 3.05) is 18.5 Å². The van der Waals surface area contributed by atoms with Gasteiger partial charge in [0.1, 0.15) is 6.07 Å². The van der Waals surface area contributed by atoms with Crippen molar-refractivity contribution in [1.82, 2.24) is 0 Å². The third-order valence-electron chi connectivity index (χ3n) is 3.01. The first-order chi connectivity index (χ1) is 9.92. The molecule has 116 valence electrons. The van der Waals surface area contributed by atoms with Crippen molar-refractivity contribution in [3.63, 3.8) is 0 Å². The molecule has 4 nitrogen and oxygen atoms in total. The van der Waals surface area contributed by atoms with E-state index in [0.717, 1.165) is 16.6 Å². The number of nitrogens with zero attached hydrogens (tertiary/aromatic N) is 1. The Morgan fingerprint density at radius 3 is 2.71 bits per heavy atom. The summed E-state index contributed by atoms with van der Waals surface area (Å²) in [6.45, 7) is 6.95. The summed E-state index contributed by atoms with van der Waals surface area (Å²) >= 11 is 3.33. The van der Waals surface area contributed by atoms with E-state index in [1.54, 1.807) is 6.07 Å². The number of benzene rings is 1. The van der Waals surface area contributed by atoms with Crippen molar-refractivity contribution >= 4 is 21.6 Å². The van der Waals surface area contributed by atoms with Gasteiger partial charge in [0.05, 0.1) is 30.1 Å². The minimum atomic E-state index is -0.602. The summed E-state index contributed by atoms with van der Waals surface area (Å²) in [5.41, 5.74) is 1.26. The Labute approximate surface area is 135 Å². The van der Waals surface area contributed by atoms with Gasteiger partial charge in [-0.05, 0) is 37.5 Å². The average molecular weight is 355 g/mol. The van der Waals surface area contributed by atoms with Gasteiger partial charge in [0, 0.05) is 11.0 Å². The number of ether oxygens (including phenoxy) is 1. The quantitative estimate of drug-likeness (QED) is 0.749. The summed E-state index contributed by atoms with van der Waals surface area (Å²) in [5.74, 6) is 0.580. The number of aliphatic hydroxyl groups excluding tert-OH is 1. The predicted molar refractivity (Wildman–Crippen MR) is 88.2 cm³/mol. The molecule has 5 heteroatoms. The zero-order valence-corrected chi connectivity index (χ0v) is 14.4. The summed E-state index contributed by atoms with van der Waals surface area (Å²) < 4.78 is 6.47. The van der Waals surface area contributed by atoms with Gasteiger partial charge in [0.15, 0.2) is 0 Å². The molecule has 0 radical (unpaired) electrons. The first-order valence-electron chi connectivity index (χ1n) is 7.15. The molecular weight excluding hydrogens is 332 g/mol. The van der Waals surface area contributed by atoms with Gasteiger partial charge in [-0.2, -0.15) is 5.26 Å². The Morgan fingerprint density at radius 1 is 1.38 bits per heavy atom. The predicted octanol–water partition coefficient (Wildman–Crippen LogP) is 3.54. The highest BCUT2D eigenvalue weighted by molar-refractivity contribution is 9.10. The Morgan fingerprint density at radius 2 is 2.10 bits per heavy atom. The van der Waals surface area contributed by atoms with E-state index in [-0.39, 0.29) is 6.10 Å². The molecule has 21 heavy (non-hydrogen) atoms. The summed E-state index contributed by atoms with van der Waals surface area (Å²) in [7, 11) is 0. The van der Waals surface area contributed by atoms with E-state index in [9.17, 15) is 5.11 Å². The fraction of sp³-hybridized carbons (Fsp3) is 0.562. The van der Waals surface area contributed by atoms with Gasteiger partial charge in [-0.25, -0.2) is 0 Å². The Hall–Kier alpha value is -1.09. The van der Waals surface area contributed by atoms with Crippen LogP contribution < -0.4 is 5.32 Å². The molecule has 0 aliphatic rings. The van der Waals surface area contributed by atoms with Crippen LogP contribution in [0.1, 0.15) is 32.8 Å². The molecule has 0 fully saturated rings. The van der Waals surface area contributed by atoms with Crippen LogP contribution in [0.4, 0.5) is 5.69 Å². The fourth-order valence-electron chi connectivity index (χ4n) is 2.06. The second-order valence-corrected chi connectivity index (χ2v) is 6.53. The third kappa shape index (κ3) is 6.94. The van der Waals surface area contributed by atoms with E-state index in [2.05, 4.69) is 41.2 Å². The highest BCUT2D eigenvalue weighted by atomic mass is 79.9. The molecule has 0 bridgehead atoms. The Kier molecular flexibility index (Phi) is 7.73. The molecule has 0 amide bonds. The van der Waals surface area contributed by atoms with E-state index in [1.807, 2.05) is 19.1 Å². The summed E-state index contributed by atoms with van der Waals surface area (Å²) in [6.07, 6.45) is 0.516. The number of nitrogens with one attached hydrogen (secondary N) is 1. The van der Waals surface area contributed by atoms with Crippen LogP contribution in [-0.2, 0) is 4.74 Å². The maximum atomic E-state index is 9.93. The molecule has 0 aromatic heterocycles. The van der Waals surface area contributed by atoms with E-state index in [0.29, 0.717) is 24.6 Å². The van der Waals surface area contributed by atoms with Gasteiger partial charge in [0.2, 0.25) is 0 Å². The van der Waals surface area contributed by atoms with E-state index >= 15 is 0 Å². The zero-order chi connectivity index (χ0) is 15.8. The van der Waals surface area contributed by atoms with Crippen LogP contribution in [0.15, 0.2) is 22.7 Å². The maximum absolute atomic E-state index is 9.93. The van der Waals surface area contributed by atoms with Crippen LogP contribution in [0, 0.1) is 17.2 Å². The first-order valence-corrected chi connectivity index (χ1v) is 7.94. The lowest BCUT2D eigenvalue weighted by molar-refractivity contribution is -0.00443. The normalized spacial score (nSPS) is 13.8. The van der Waals surface area contributed by atoms with Crippen molar-refractivity contribution in [3.8, 4) is 6.07 Å². The number of rotatable bonds is 8. The second-order valence-electron chi connectivity index (χ2n) is 5.61. The number of halogens is 1. The molecule has 2 unspecified atom stereocenters. The smallest absolute Gasteiger partial charge is 0.101 e. The second kappa shape index (κ2) is 9.04. The molecule has 0 saturated carbocycles. The number of anilines is 1. The van der Waals surface area contributed by atoms with Crippen LogP contribution >= 0.6 is 15.9 Å². The molecule has 1 rings (SSSR count). The van der Waals surface area contributed by atoms with Crippen LogP contribution in [-0.4, -0.2) is 30.5 Å². The molecule has 0 aliphatic heterocycles. The lowest BCUT2D eigenvalue weighted by Gasteiger charge is -2.19. The van der Waals surface area contributed by atoms with Crippen LogP contribution in [0.25, 0.3) is 0 Å². The van der Waals surface area contributed by atoms with Crippen molar-refractivity contribution < 1.29 is 9.84 Å². The Balaban J connectivity index is 2.40. The van der Waals surface area contributed by atoms with Gasteiger partial charge >= 0.3 is 0 Å². The lowest BCUT2D eigenvalue weighted by atomic mass is 10.1. The minimum Gasteiger partial charge on any atom is -0.389 e. The largest absolute Gasteiger partial charge is 0.389 e. The zero-order valence-electron chi connectivity index (χ0n) is 12.8. The highest BCUT2D eigenvalue weighted by Gasteiger charge is 2.10. The van der Waals surface area contributed by atoms with E-state index in [4.69, 9.17) is 10.00 Å². The number of hydrogen-bond acceptors (Lipinski definition) is 4. The molecule has 0 spiro atoms. The van der Waals surface area contributed by atoms with Gasteiger partial charge in [-0.15, -0.1) is 0 Å². The maximum Gasteiger partial charge on any atom is 0.101 e. The molecule has 2 N–H and O–H groups in total. The summed E-state index contributed by atoms with van der Waals surface area (Å²) in [5, 5.41) is 22.1. The summed E-state index contributed by atoms with van der Waals surface area (Å²) in [4.78, 5) is 0. The molecule has 0 aliphatic carbocycles. The van der Waals surface area contributed by atoms with Gasteiger partial charge in [0.25, 0.3) is 0 Å². The average Bonchev–Trinajstić information content (AvgIpc) is 2.42.